The predicted molar refractivity (Wildman–Crippen MR) is 88.6 cm³/mol. The van der Waals surface area contributed by atoms with Gasteiger partial charge in [-0.2, -0.15) is 0 Å². The second-order valence-electron chi connectivity index (χ2n) is 4.93. The number of nitrogens with one attached hydrogen (secondary N) is 1. The number of nitrogens with zero attached hydrogens (tertiary/aromatic N) is 1. The van der Waals surface area contributed by atoms with E-state index in [1.165, 1.54) is 13.2 Å². The molecule has 27 heavy (non-hydrogen) atoms. The molecule has 0 saturated carbocycles. The van der Waals surface area contributed by atoms with Crippen LogP contribution < -0.4 is 15.2 Å². The number of hydrogen-bond acceptors (Lipinski definition) is 9. The molecular weight excluding hydrogens is 386 g/mol. The maximum absolute atomic E-state index is 11.9. The van der Waals surface area contributed by atoms with E-state index in [-0.39, 0.29) is 17.1 Å². The fourth-order valence-corrected chi connectivity index (χ4v) is 2.33. The number of anilines is 1. The summed E-state index contributed by atoms with van der Waals surface area (Å²) >= 11 is 0. The van der Waals surface area contributed by atoms with Crippen molar-refractivity contribution in [2.24, 2.45) is 5.14 Å². The zero-order chi connectivity index (χ0) is 20.2. The average molecular weight is 399 g/mol. The van der Waals surface area contributed by atoms with Gasteiger partial charge in [-0.05, 0) is 18.2 Å². The van der Waals surface area contributed by atoms with E-state index in [0.29, 0.717) is 0 Å². The lowest BCUT2D eigenvalue weighted by atomic mass is 10.2. The minimum absolute atomic E-state index is 0.0349. The Kier molecular flexibility index (Phi) is 5.77. The van der Waals surface area contributed by atoms with E-state index in [4.69, 9.17) is 19.0 Å². The van der Waals surface area contributed by atoms with Crippen molar-refractivity contribution in [3.05, 3.63) is 46.2 Å². The van der Waals surface area contributed by atoms with Crippen LogP contribution in [0.2, 0.25) is 0 Å². The molecule has 13 heteroatoms. The van der Waals surface area contributed by atoms with Gasteiger partial charge in [-0.25, -0.2) is 18.4 Å². The van der Waals surface area contributed by atoms with Crippen LogP contribution in [-0.2, 0) is 19.6 Å². The number of carbonyl (C=O) groups is 2. The summed E-state index contributed by atoms with van der Waals surface area (Å²) in [5.74, 6) is -2.28. The molecule has 0 fully saturated rings. The molecule has 0 saturated heterocycles. The lowest BCUT2D eigenvalue weighted by Gasteiger charge is -2.10. The van der Waals surface area contributed by atoms with Crippen LogP contribution in [0.3, 0.4) is 0 Å². The molecule has 2 rings (SSSR count). The maximum atomic E-state index is 11.9. The largest absolute Gasteiger partial charge is 0.494 e. The summed E-state index contributed by atoms with van der Waals surface area (Å²) in [5, 5.41) is 17.3. The molecule has 1 aromatic heterocycles. The lowest BCUT2D eigenvalue weighted by Crippen LogP contribution is -2.21. The molecule has 0 aliphatic heterocycles. The number of carbonyl (C=O) groups excluding carboxylic acids is 2. The molecule has 0 unspecified atom stereocenters. The first-order chi connectivity index (χ1) is 12.6. The fourth-order valence-electron chi connectivity index (χ4n) is 1.87. The number of non-ortho nitro benzene ring substituents is 1. The summed E-state index contributed by atoms with van der Waals surface area (Å²) in [6.45, 7) is -0.732. The summed E-state index contributed by atoms with van der Waals surface area (Å²) in [7, 11) is -2.86. The molecule has 0 atom stereocenters. The third-order valence-corrected chi connectivity index (χ3v) is 3.85. The van der Waals surface area contributed by atoms with E-state index in [9.17, 15) is 28.1 Å². The molecular formula is C14H13N3O9S. The van der Waals surface area contributed by atoms with Crippen molar-refractivity contribution in [1.29, 1.82) is 0 Å². The van der Waals surface area contributed by atoms with Crippen molar-refractivity contribution in [1.82, 2.24) is 0 Å². The molecule has 3 N–H and O–H groups in total. The van der Waals surface area contributed by atoms with E-state index < -0.39 is 44.3 Å². The van der Waals surface area contributed by atoms with E-state index in [2.05, 4.69) is 5.32 Å². The molecule has 0 bridgehead atoms. The first-order valence-electron chi connectivity index (χ1n) is 7.04. The number of benzene rings is 1. The van der Waals surface area contributed by atoms with Crippen LogP contribution in [0.15, 0.2) is 39.8 Å². The minimum atomic E-state index is -4.12. The second-order valence-corrected chi connectivity index (χ2v) is 6.42. The quantitative estimate of drug-likeness (QED) is 0.383. The molecule has 1 amide bonds. The van der Waals surface area contributed by atoms with E-state index in [0.717, 1.165) is 24.3 Å². The molecule has 1 heterocycles. The number of nitro groups is 1. The van der Waals surface area contributed by atoms with E-state index in [1.807, 2.05) is 0 Å². The van der Waals surface area contributed by atoms with Gasteiger partial charge >= 0.3 is 5.97 Å². The number of amides is 1. The molecule has 12 nitrogen and oxygen atoms in total. The summed E-state index contributed by atoms with van der Waals surface area (Å²) in [4.78, 5) is 33.7. The minimum Gasteiger partial charge on any atom is -0.494 e. The molecule has 0 radical (unpaired) electrons. The Labute approximate surface area is 152 Å². The Hall–Kier alpha value is -3.45. The molecule has 0 spiro atoms. The highest BCUT2D eigenvalue weighted by Gasteiger charge is 2.20. The van der Waals surface area contributed by atoms with Crippen molar-refractivity contribution in [3.63, 3.8) is 0 Å². The van der Waals surface area contributed by atoms with Crippen LogP contribution >= 0.6 is 0 Å². The van der Waals surface area contributed by atoms with Gasteiger partial charge in [-0.3, -0.25) is 14.9 Å². The van der Waals surface area contributed by atoms with Crippen molar-refractivity contribution in [3.8, 4) is 5.75 Å². The van der Waals surface area contributed by atoms with E-state index in [1.54, 1.807) is 0 Å². The Bertz CT molecular complexity index is 997. The number of nitro benzene ring substituents is 1. The van der Waals surface area contributed by atoms with Gasteiger partial charge in [-0.1, -0.05) is 0 Å². The smallest absolute Gasteiger partial charge is 0.374 e. The Morgan fingerprint density at radius 1 is 1.30 bits per heavy atom. The monoisotopic (exact) mass is 399 g/mol. The summed E-state index contributed by atoms with van der Waals surface area (Å²) < 4.78 is 36.5. The normalized spacial score (nSPS) is 10.9. The second kappa shape index (κ2) is 7.84. The molecule has 2 aromatic rings. The number of rotatable bonds is 7. The molecule has 0 aliphatic rings. The van der Waals surface area contributed by atoms with Crippen molar-refractivity contribution < 1.29 is 36.8 Å². The Morgan fingerprint density at radius 3 is 2.56 bits per heavy atom. The maximum Gasteiger partial charge on any atom is 0.374 e. The highest BCUT2D eigenvalue weighted by Crippen LogP contribution is 2.28. The number of ether oxygens (including phenoxy) is 2. The molecule has 1 aromatic carbocycles. The van der Waals surface area contributed by atoms with Gasteiger partial charge in [-0.15, -0.1) is 0 Å². The Balaban J connectivity index is 1.99. The van der Waals surface area contributed by atoms with Crippen LogP contribution in [0.4, 0.5) is 11.4 Å². The van der Waals surface area contributed by atoms with E-state index >= 15 is 0 Å². The summed E-state index contributed by atoms with van der Waals surface area (Å²) in [5.41, 5.74) is -0.113. The van der Waals surface area contributed by atoms with Gasteiger partial charge in [0.15, 0.2) is 6.61 Å². The SMILES string of the molecule is COc1cc([N+](=O)[O-])ccc1NC(=O)COC(=O)c1ccc(S(N)(=O)=O)o1. The topological polar surface area (TPSA) is 181 Å². The molecule has 0 aliphatic carbocycles. The van der Waals surface area contributed by atoms with Crippen LogP contribution in [0.1, 0.15) is 10.6 Å². The number of hydrogen-bond donors (Lipinski definition) is 2. The Morgan fingerprint density at radius 2 is 2.00 bits per heavy atom. The average Bonchev–Trinajstić information content (AvgIpc) is 3.10. The first kappa shape index (κ1) is 19.9. The predicted octanol–water partition coefficient (Wildman–Crippen LogP) is 0.639. The van der Waals surface area contributed by atoms with Gasteiger partial charge in [0.05, 0.1) is 23.8 Å². The van der Waals surface area contributed by atoms with Crippen molar-refractivity contribution in [2.45, 2.75) is 5.09 Å². The van der Waals surface area contributed by atoms with Gasteiger partial charge < -0.3 is 19.2 Å². The molecule has 144 valence electrons. The number of sulfonamides is 1. The number of furan rings is 1. The van der Waals surface area contributed by atoms with Gasteiger partial charge in [0.25, 0.3) is 21.6 Å². The number of methoxy groups -OCH3 is 1. The summed E-state index contributed by atoms with van der Waals surface area (Å²) in [6, 6.07) is 5.51. The third kappa shape index (κ3) is 5.02. The fraction of sp³-hybridized carbons (Fsp3) is 0.143. The summed E-state index contributed by atoms with van der Waals surface area (Å²) in [6.07, 6.45) is 0. The number of esters is 1. The van der Waals surface area contributed by atoms with Gasteiger partial charge in [0.2, 0.25) is 10.9 Å². The van der Waals surface area contributed by atoms with Crippen molar-refractivity contribution >= 4 is 33.3 Å². The van der Waals surface area contributed by atoms with Crippen LogP contribution in [0.25, 0.3) is 0 Å². The highest BCUT2D eigenvalue weighted by molar-refractivity contribution is 7.89. The zero-order valence-electron chi connectivity index (χ0n) is 13.7. The van der Waals surface area contributed by atoms with Crippen LogP contribution in [0, 0.1) is 10.1 Å². The number of nitrogens with two attached hydrogens (primary N) is 1. The standard InChI is InChI=1S/C14H13N3O9S/c1-24-11-6-8(17(20)21)2-3-9(11)16-12(18)7-25-14(19)10-4-5-13(26-10)27(15,22)23/h2-6H,7H2,1H3,(H,16,18)(H2,15,22,23). The highest BCUT2D eigenvalue weighted by atomic mass is 32.2. The third-order valence-electron chi connectivity index (χ3n) is 3.07. The van der Waals surface area contributed by atoms with Crippen molar-refractivity contribution in [2.75, 3.05) is 19.0 Å². The van der Waals surface area contributed by atoms with Crippen LogP contribution in [-0.4, -0.2) is 38.9 Å². The zero-order valence-corrected chi connectivity index (χ0v) is 14.5. The van der Waals surface area contributed by atoms with Crippen LogP contribution in [0.5, 0.6) is 5.75 Å². The van der Waals surface area contributed by atoms with Gasteiger partial charge in [0.1, 0.15) is 5.75 Å². The van der Waals surface area contributed by atoms with Gasteiger partial charge in [0, 0.05) is 6.07 Å². The lowest BCUT2D eigenvalue weighted by molar-refractivity contribution is -0.384. The first-order valence-corrected chi connectivity index (χ1v) is 8.58. The number of primary sulfonamides is 1.